The summed E-state index contributed by atoms with van der Waals surface area (Å²) in [6, 6.07) is 17.7. The maximum Gasteiger partial charge on any atom is 0.261 e. The summed E-state index contributed by atoms with van der Waals surface area (Å²) in [7, 11) is 0. The van der Waals surface area contributed by atoms with Crippen molar-refractivity contribution in [3.8, 4) is 28.6 Å². The molecule has 6 nitrogen and oxygen atoms in total. The first kappa shape index (κ1) is 24.3. The second kappa shape index (κ2) is 10.2. The Morgan fingerprint density at radius 1 is 0.886 bits per heavy atom. The third kappa shape index (κ3) is 5.65. The number of H-pyrrole nitrogens is 1. The van der Waals surface area contributed by atoms with Crippen LogP contribution in [0.4, 0.5) is 0 Å². The van der Waals surface area contributed by atoms with Crippen LogP contribution in [0.5, 0.6) is 17.4 Å². The predicted octanol–water partition coefficient (Wildman–Crippen LogP) is 6.36. The Bertz CT molecular complexity index is 1370. The predicted molar refractivity (Wildman–Crippen MR) is 140 cm³/mol. The van der Waals surface area contributed by atoms with Crippen LogP contribution in [0.25, 0.3) is 22.2 Å². The number of ether oxygens (including phenoxy) is 3. The zero-order valence-corrected chi connectivity index (χ0v) is 21.1. The van der Waals surface area contributed by atoms with Crippen LogP contribution in [-0.2, 0) is 6.61 Å². The molecular formula is C29H32N2O4. The summed E-state index contributed by atoms with van der Waals surface area (Å²) in [6.07, 6.45) is -0.151. The van der Waals surface area contributed by atoms with Crippen LogP contribution < -0.4 is 19.8 Å². The van der Waals surface area contributed by atoms with Crippen molar-refractivity contribution in [1.29, 1.82) is 0 Å². The van der Waals surface area contributed by atoms with Gasteiger partial charge in [-0.25, -0.2) is 4.98 Å². The van der Waals surface area contributed by atoms with E-state index in [-0.39, 0.29) is 17.8 Å². The lowest BCUT2D eigenvalue weighted by atomic mass is 10.0. The van der Waals surface area contributed by atoms with Gasteiger partial charge in [-0.3, -0.25) is 4.79 Å². The fourth-order valence-electron chi connectivity index (χ4n) is 4.08. The molecule has 0 aliphatic rings. The number of hydrogen-bond donors (Lipinski definition) is 1. The first-order chi connectivity index (χ1) is 16.7. The lowest BCUT2D eigenvalue weighted by Crippen LogP contribution is -2.14. The van der Waals surface area contributed by atoms with Crippen molar-refractivity contribution >= 4 is 10.9 Å². The van der Waals surface area contributed by atoms with Crippen molar-refractivity contribution in [2.75, 3.05) is 0 Å². The molecule has 1 N–H and O–H groups in total. The van der Waals surface area contributed by atoms with Gasteiger partial charge < -0.3 is 19.2 Å². The highest BCUT2D eigenvalue weighted by molar-refractivity contribution is 5.87. The first-order valence-electron chi connectivity index (χ1n) is 11.9. The van der Waals surface area contributed by atoms with Crippen molar-refractivity contribution in [3.05, 3.63) is 81.6 Å². The highest BCUT2D eigenvalue weighted by Crippen LogP contribution is 2.33. The number of fused-ring (bicyclic) bond motifs is 1. The van der Waals surface area contributed by atoms with Crippen LogP contribution in [0, 0.1) is 13.8 Å². The molecule has 4 rings (SSSR count). The van der Waals surface area contributed by atoms with Gasteiger partial charge in [0.1, 0.15) is 23.5 Å². The number of benzene rings is 2. The van der Waals surface area contributed by atoms with Crippen LogP contribution in [0.15, 0.2) is 59.4 Å². The maximum atomic E-state index is 13.2. The van der Waals surface area contributed by atoms with E-state index in [1.165, 1.54) is 0 Å². The van der Waals surface area contributed by atoms with E-state index in [1.807, 2.05) is 90.1 Å². The Morgan fingerprint density at radius 2 is 1.54 bits per heavy atom. The molecule has 0 radical (unpaired) electrons. The van der Waals surface area contributed by atoms with E-state index < -0.39 is 0 Å². The van der Waals surface area contributed by atoms with Crippen molar-refractivity contribution in [1.82, 2.24) is 9.97 Å². The van der Waals surface area contributed by atoms with Gasteiger partial charge in [0, 0.05) is 6.07 Å². The van der Waals surface area contributed by atoms with Gasteiger partial charge in [-0.2, -0.15) is 0 Å². The monoisotopic (exact) mass is 472 g/mol. The van der Waals surface area contributed by atoms with E-state index >= 15 is 0 Å². The molecule has 0 spiro atoms. The molecule has 0 aliphatic heterocycles. The average molecular weight is 473 g/mol. The van der Waals surface area contributed by atoms with E-state index in [1.54, 1.807) is 6.07 Å². The number of nitrogens with zero attached hydrogens (tertiary/aromatic N) is 1. The molecule has 0 fully saturated rings. The first-order valence-corrected chi connectivity index (χ1v) is 11.9. The number of aromatic nitrogens is 2. The second-order valence-corrected chi connectivity index (χ2v) is 9.28. The maximum absolute atomic E-state index is 13.2. The van der Waals surface area contributed by atoms with Gasteiger partial charge in [-0.15, -0.1) is 0 Å². The zero-order chi connectivity index (χ0) is 25.1. The minimum atomic E-state index is -0.253. The minimum Gasteiger partial charge on any atom is -0.490 e. The Hall–Kier alpha value is -3.80. The van der Waals surface area contributed by atoms with Gasteiger partial charge in [0.25, 0.3) is 5.56 Å². The Kier molecular flexibility index (Phi) is 7.10. The summed E-state index contributed by atoms with van der Waals surface area (Å²) in [5, 5.41) is 0.412. The third-order valence-corrected chi connectivity index (χ3v) is 5.46. The molecule has 182 valence electrons. The summed E-state index contributed by atoms with van der Waals surface area (Å²) in [4.78, 5) is 20.8. The molecule has 0 atom stereocenters. The fourth-order valence-corrected chi connectivity index (χ4v) is 4.08. The Balaban J connectivity index is 1.74. The molecular weight excluding hydrogens is 440 g/mol. The normalized spacial score (nSPS) is 11.3. The van der Waals surface area contributed by atoms with E-state index in [0.29, 0.717) is 34.8 Å². The lowest BCUT2D eigenvalue weighted by Gasteiger charge is -2.16. The summed E-state index contributed by atoms with van der Waals surface area (Å²) >= 11 is 0. The fraction of sp³-hybridized carbons (Fsp3) is 0.310. The quantitative estimate of drug-likeness (QED) is 0.323. The molecule has 0 saturated heterocycles. The second-order valence-electron chi connectivity index (χ2n) is 9.28. The van der Waals surface area contributed by atoms with E-state index in [0.717, 1.165) is 28.0 Å². The molecule has 0 bridgehead atoms. The zero-order valence-electron chi connectivity index (χ0n) is 21.1. The summed E-state index contributed by atoms with van der Waals surface area (Å²) in [6.45, 7) is 12.2. The minimum absolute atomic E-state index is 0.0537. The van der Waals surface area contributed by atoms with Crippen molar-refractivity contribution < 1.29 is 14.2 Å². The molecule has 2 aromatic heterocycles. The van der Waals surface area contributed by atoms with Gasteiger partial charge >= 0.3 is 0 Å². The smallest absolute Gasteiger partial charge is 0.261 e. The Labute approximate surface area is 205 Å². The SMILES string of the molecule is Cc1cc(-c2cc3nc(OC(C)C)cc(OC(C)C)c3c(=O)[nH]2)cc(C)c1OCc1ccccc1. The number of aryl methyl sites for hydroxylation is 2. The number of hydrogen-bond acceptors (Lipinski definition) is 5. The van der Waals surface area contributed by atoms with Gasteiger partial charge in [0.05, 0.1) is 23.4 Å². The highest BCUT2D eigenvalue weighted by Gasteiger charge is 2.16. The average Bonchev–Trinajstić information content (AvgIpc) is 2.77. The van der Waals surface area contributed by atoms with Gasteiger partial charge in [0.2, 0.25) is 5.88 Å². The Morgan fingerprint density at radius 3 is 2.17 bits per heavy atom. The standard InChI is InChI=1S/C29H32N2O4/c1-17(2)34-25-15-26(35-18(3)4)30-24-14-23(31-29(32)27(24)25)22-12-19(5)28(20(6)13-22)33-16-21-10-8-7-9-11-21/h7-15,17-18H,16H2,1-6H3,(H,31,32). The molecule has 6 heteroatoms. The number of aromatic amines is 1. The summed E-state index contributed by atoms with van der Waals surface area (Å²) in [5.74, 6) is 1.74. The van der Waals surface area contributed by atoms with Crippen molar-refractivity contribution in [3.63, 3.8) is 0 Å². The molecule has 0 saturated carbocycles. The third-order valence-electron chi connectivity index (χ3n) is 5.46. The molecule has 0 amide bonds. The van der Waals surface area contributed by atoms with Gasteiger partial charge in [-0.1, -0.05) is 30.3 Å². The molecule has 35 heavy (non-hydrogen) atoms. The number of rotatable bonds is 8. The molecule has 2 heterocycles. The van der Waals surface area contributed by atoms with E-state index in [4.69, 9.17) is 14.2 Å². The van der Waals surface area contributed by atoms with Gasteiger partial charge in [0.15, 0.2) is 0 Å². The molecule has 2 aromatic carbocycles. The van der Waals surface area contributed by atoms with Crippen molar-refractivity contribution in [2.24, 2.45) is 0 Å². The number of pyridine rings is 2. The molecule has 0 unspecified atom stereocenters. The van der Waals surface area contributed by atoms with Crippen molar-refractivity contribution in [2.45, 2.75) is 60.4 Å². The number of nitrogens with one attached hydrogen (secondary N) is 1. The van der Waals surface area contributed by atoms with Crippen LogP contribution in [0.1, 0.15) is 44.4 Å². The molecule has 0 aliphatic carbocycles. The highest BCUT2D eigenvalue weighted by atomic mass is 16.5. The van der Waals surface area contributed by atoms with Gasteiger partial charge in [-0.05, 0) is 82.0 Å². The van der Waals surface area contributed by atoms with Crippen LogP contribution >= 0.6 is 0 Å². The topological polar surface area (TPSA) is 73.4 Å². The lowest BCUT2D eigenvalue weighted by molar-refractivity contribution is 0.224. The van der Waals surface area contributed by atoms with Crippen LogP contribution in [0.2, 0.25) is 0 Å². The van der Waals surface area contributed by atoms with E-state index in [9.17, 15) is 4.79 Å². The molecule has 4 aromatic rings. The largest absolute Gasteiger partial charge is 0.490 e. The van der Waals surface area contributed by atoms with E-state index in [2.05, 4.69) is 9.97 Å². The summed E-state index contributed by atoms with van der Waals surface area (Å²) < 4.78 is 17.9. The van der Waals surface area contributed by atoms with Crippen LogP contribution in [-0.4, -0.2) is 22.2 Å². The van der Waals surface area contributed by atoms with Crippen LogP contribution in [0.3, 0.4) is 0 Å². The summed E-state index contributed by atoms with van der Waals surface area (Å²) in [5.41, 5.74) is 4.92.